The third kappa shape index (κ3) is 2.92. The van der Waals surface area contributed by atoms with Gasteiger partial charge in [-0.25, -0.2) is 4.79 Å². The zero-order valence-electron chi connectivity index (χ0n) is 13.1. The number of hydrogen-bond donors (Lipinski definition) is 1. The van der Waals surface area contributed by atoms with Gasteiger partial charge in [0.15, 0.2) is 0 Å². The molecule has 1 aliphatic rings. The Hall–Kier alpha value is -3.34. The average Bonchev–Trinajstić information content (AvgIpc) is 2.54. The van der Waals surface area contributed by atoms with E-state index in [0.717, 1.165) is 0 Å². The van der Waals surface area contributed by atoms with Crippen LogP contribution in [-0.2, 0) is 14.3 Å². The highest BCUT2D eigenvalue weighted by molar-refractivity contribution is 5.93. The maximum Gasteiger partial charge on any atom is 0.338 e. The van der Waals surface area contributed by atoms with Gasteiger partial charge >= 0.3 is 5.97 Å². The van der Waals surface area contributed by atoms with Crippen molar-refractivity contribution in [1.29, 1.82) is 5.26 Å². The number of nitrogens with two attached hydrogens (primary N) is 1. The average molecular weight is 329 g/mol. The number of benzene rings is 1. The number of nitrogens with zero attached hydrogens (tertiary/aromatic N) is 2. The van der Waals surface area contributed by atoms with E-state index < -0.39 is 16.8 Å². The molecule has 0 radical (unpaired) electrons. The maximum atomic E-state index is 12.3. The molecule has 1 atom stereocenters. The lowest BCUT2D eigenvalue weighted by Crippen LogP contribution is -2.26. The van der Waals surface area contributed by atoms with Crippen molar-refractivity contribution in [2.45, 2.75) is 19.8 Å². The van der Waals surface area contributed by atoms with Gasteiger partial charge in [0.1, 0.15) is 17.4 Å². The molecule has 2 rings (SSSR count). The second-order valence-electron chi connectivity index (χ2n) is 4.93. The fourth-order valence-corrected chi connectivity index (χ4v) is 2.56. The summed E-state index contributed by atoms with van der Waals surface area (Å²) in [7, 11) is 0. The van der Waals surface area contributed by atoms with Crippen LogP contribution in [0, 0.1) is 21.4 Å². The van der Waals surface area contributed by atoms with E-state index in [0.29, 0.717) is 0 Å². The first-order valence-corrected chi connectivity index (χ1v) is 7.11. The van der Waals surface area contributed by atoms with E-state index in [-0.39, 0.29) is 40.6 Å². The first-order chi connectivity index (χ1) is 11.4. The lowest BCUT2D eigenvalue weighted by molar-refractivity contribution is -0.385. The maximum absolute atomic E-state index is 12.3. The van der Waals surface area contributed by atoms with Gasteiger partial charge in [-0.15, -0.1) is 0 Å². The smallest absolute Gasteiger partial charge is 0.338 e. The lowest BCUT2D eigenvalue weighted by atomic mass is 9.82. The summed E-state index contributed by atoms with van der Waals surface area (Å²) in [4.78, 5) is 23.1. The minimum absolute atomic E-state index is 0.0249. The van der Waals surface area contributed by atoms with E-state index >= 15 is 0 Å². The van der Waals surface area contributed by atoms with E-state index in [1.807, 2.05) is 6.07 Å². The third-order valence-corrected chi connectivity index (χ3v) is 3.55. The molecule has 0 saturated heterocycles. The van der Waals surface area contributed by atoms with E-state index in [2.05, 4.69) is 0 Å². The fourth-order valence-electron chi connectivity index (χ4n) is 2.56. The number of carbonyl (C=O) groups is 1. The van der Waals surface area contributed by atoms with Gasteiger partial charge in [0.25, 0.3) is 5.69 Å². The first-order valence-electron chi connectivity index (χ1n) is 7.11. The number of hydrogen-bond acceptors (Lipinski definition) is 7. The zero-order chi connectivity index (χ0) is 17.9. The van der Waals surface area contributed by atoms with Crippen LogP contribution in [0.15, 0.2) is 47.1 Å². The fraction of sp³-hybridized carbons (Fsp3) is 0.250. The van der Waals surface area contributed by atoms with Crippen molar-refractivity contribution in [3.05, 3.63) is 62.7 Å². The molecule has 124 valence electrons. The number of nitriles is 1. The van der Waals surface area contributed by atoms with Gasteiger partial charge in [-0.2, -0.15) is 5.26 Å². The Kier molecular flexibility index (Phi) is 4.84. The highest BCUT2D eigenvalue weighted by atomic mass is 16.6. The SMILES string of the molecule is CCOC(=O)C1=C(C)OC(N)=C(C#N)[C@H]1c1ccccc1[N+](=O)[O-]. The Bertz CT molecular complexity index is 804. The van der Waals surface area contributed by atoms with Crippen LogP contribution < -0.4 is 5.73 Å². The number of nitro groups is 1. The van der Waals surface area contributed by atoms with Crippen LogP contribution in [0.4, 0.5) is 5.69 Å². The monoisotopic (exact) mass is 329 g/mol. The van der Waals surface area contributed by atoms with Gasteiger partial charge in [0.2, 0.25) is 5.88 Å². The van der Waals surface area contributed by atoms with Crippen molar-refractivity contribution in [1.82, 2.24) is 0 Å². The summed E-state index contributed by atoms with van der Waals surface area (Å²) >= 11 is 0. The number of rotatable bonds is 4. The standard InChI is InChI=1S/C16H15N3O5/c1-3-23-16(20)13-9(2)24-15(18)11(8-17)14(13)10-6-4-5-7-12(10)19(21)22/h4-7,14H,3,18H2,1-2H3/t14-/m1/s1. The van der Waals surface area contributed by atoms with Gasteiger partial charge in [0, 0.05) is 11.6 Å². The molecule has 0 unspecified atom stereocenters. The van der Waals surface area contributed by atoms with E-state index in [1.165, 1.54) is 25.1 Å². The molecule has 0 fully saturated rings. The summed E-state index contributed by atoms with van der Waals surface area (Å²) in [6.07, 6.45) is 0. The molecule has 1 aromatic rings. The molecule has 24 heavy (non-hydrogen) atoms. The van der Waals surface area contributed by atoms with Crippen LogP contribution >= 0.6 is 0 Å². The largest absolute Gasteiger partial charge is 0.463 e. The highest BCUT2D eigenvalue weighted by Gasteiger charge is 2.39. The zero-order valence-corrected chi connectivity index (χ0v) is 13.1. The van der Waals surface area contributed by atoms with Crippen molar-refractivity contribution in [2.24, 2.45) is 5.73 Å². The van der Waals surface area contributed by atoms with E-state index in [9.17, 15) is 20.2 Å². The minimum Gasteiger partial charge on any atom is -0.463 e. The Balaban J connectivity index is 2.73. The molecule has 0 bridgehead atoms. The molecule has 8 nitrogen and oxygen atoms in total. The second-order valence-corrected chi connectivity index (χ2v) is 4.93. The molecular weight excluding hydrogens is 314 g/mol. The predicted molar refractivity (Wildman–Crippen MR) is 83.1 cm³/mol. The van der Waals surface area contributed by atoms with Gasteiger partial charge < -0.3 is 15.2 Å². The Labute approximate surface area is 137 Å². The van der Waals surface area contributed by atoms with Gasteiger partial charge in [0.05, 0.1) is 23.0 Å². The van der Waals surface area contributed by atoms with Crippen LogP contribution in [0.2, 0.25) is 0 Å². The van der Waals surface area contributed by atoms with Crippen LogP contribution in [0.3, 0.4) is 0 Å². The van der Waals surface area contributed by atoms with E-state index in [1.54, 1.807) is 13.0 Å². The predicted octanol–water partition coefficient (Wildman–Crippen LogP) is 2.24. The summed E-state index contributed by atoms with van der Waals surface area (Å²) in [5.74, 6) is -1.78. The molecule has 8 heteroatoms. The quantitative estimate of drug-likeness (QED) is 0.509. The Morgan fingerprint density at radius 2 is 2.17 bits per heavy atom. The molecule has 2 N–H and O–H groups in total. The van der Waals surface area contributed by atoms with Gasteiger partial charge in [-0.05, 0) is 13.8 Å². The van der Waals surface area contributed by atoms with Crippen LogP contribution in [0.5, 0.6) is 0 Å². The van der Waals surface area contributed by atoms with E-state index in [4.69, 9.17) is 15.2 Å². The number of carbonyl (C=O) groups excluding carboxylic acids is 1. The number of ether oxygens (including phenoxy) is 2. The van der Waals surface area contributed by atoms with Crippen LogP contribution in [-0.4, -0.2) is 17.5 Å². The van der Waals surface area contributed by atoms with Crippen LogP contribution in [0.25, 0.3) is 0 Å². The molecule has 0 aliphatic carbocycles. The first kappa shape index (κ1) is 17.0. The molecule has 1 aromatic carbocycles. The molecule has 0 spiro atoms. The van der Waals surface area contributed by atoms with Crippen molar-refractivity contribution in [3.63, 3.8) is 0 Å². The number of para-hydroxylation sites is 1. The topological polar surface area (TPSA) is 128 Å². The number of allylic oxidation sites excluding steroid dienone is 2. The summed E-state index contributed by atoms with van der Waals surface area (Å²) in [5.41, 5.74) is 5.65. The molecule has 1 aliphatic heterocycles. The second kappa shape index (κ2) is 6.83. The molecule has 1 heterocycles. The minimum atomic E-state index is -1.02. The number of esters is 1. The normalized spacial score (nSPS) is 17.1. The Morgan fingerprint density at radius 1 is 1.50 bits per heavy atom. The van der Waals surface area contributed by atoms with Gasteiger partial charge in [-0.3, -0.25) is 10.1 Å². The molecule has 0 amide bonds. The summed E-state index contributed by atoms with van der Waals surface area (Å²) < 4.78 is 10.3. The van der Waals surface area contributed by atoms with Crippen molar-refractivity contribution < 1.29 is 19.2 Å². The third-order valence-electron chi connectivity index (χ3n) is 3.55. The Morgan fingerprint density at radius 3 is 2.75 bits per heavy atom. The van der Waals surface area contributed by atoms with Gasteiger partial charge in [-0.1, -0.05) is 18.2 Å². The summed E-state index contributed by atoms with van der Waals surface area (Å²) in [6, 6.07) is 7.74. The van der Waals surface area contributed by atoms with Crippen molar-refractivity contribution >= 4 is 11.7 Å². The highest BCUT2D eigenvalue weighted by Crippen LogP contribution is 2.42. The summed E-state index contributed by atoms with van der Waals surface area (Å²) in [5, 5.41) is 20.8. The molecule has 0 aromatic heterocycles. The molecule has 0 saturated carbocycles. The van der Waals surface area contributed by atoms with Crippen LogP contribution in [0.1, 0.15) is 25.3 Å². The van der Waals surface area contributed by atoms with Crippen molar-refractivity contribution in [2.75, 3.05) is 6.61 Å². The lowest BCUT2D eigenvalue weighted by Gasteiger charge is -2.26. The molecular formula is C16H15N3O5. The number of nitro benzene ring substituents is 1. The summed E-state index contributed by atoms with van der Waals surface area (Å²) in [6.45, 7) is 3.24. The van der Waals surface area contributed by atoms with Crippen molar-refractivity contribution in [3.8, 4) is 6.07 Å².